The molecule has 0 saturated heterocycles. The van der Waals surface area contributed by atoms with Gasteiger partial charge in [0.2, 0.25) is 0 Å². The maximum atomic E-state index is 11.5. The lowest BCUT2D eigenvalue weighted by Gasteiger charge is -2.00. The molecule has 7 heteroatoms. The van der Waals surface area contributed by atoms with Crippen molar-refractivity contribution in [2.45, 2.75) is 5.88 Å². The summed E-state index contributed by atoms with van der Waals surface area (Å²) < 4.78 is 6.80. The predicted octanol–water partition coefficient (Wildman–Crippen LogP) is 2.02. The maximum Gasteiger partial charge on any atom is 0.341 e. The molecule has 84 valence electrons. The van der Waals surface area contributed by atoms with Crippen LogP contribution in [0, 0.1) is 0 Å². The number of fused-ring (bicyclic) bond motifs is 1. The number of halogens is 2. The van der Waals surface area contributed by atoms with Gasteiger partial charge in [-0.1, -0.05) is 0 Å². The van der Waals surface area contributed by atoms with Gasteiger partial charge in [0.25, 0.3) is 0 Å². The number of hydrogen-bond acceptors (Lipinski definition) is 4. The van der Waals surface area contributed by atoms with Crippen LogP contribution >= 0.6 is 27.5 Å². The summed E-state index contributed by atoms with van der Waals surface area (Å²) in [5, 5.41) is 4.07. The van der Waals surface area contributed by atoms with Crippen LogP contribution in [0.5, 0.6) is 0 Å². The smallest absolute Gasteiger partial charge is 0.341 e. The number of rotatable bonds is 2. The fourth-order valence-corrected chi connectivity index (χ4v) is 2.16. The molecule has 0 aliphatic rings. The Morgan fingerprint density at radius 1 is 1.69 bits per heavy atom. The third kappa shape index (κ3) is 1.68. The second-order valence-electron chi connectivity index (χ2n) is 2.95. The Morgan fingerprint density at radius 2 is 2.44 bits per heavy atom. The first-order chi connectivity index (χ1) is 7.69. The number of esters is 1. The Bertz CT molecular complexity index is 555. The van der Waals surface area contributed by atoms with E-state index >= 15 is 0 Å². The number of ether oxygens (including phenoxy) is 1. The van der Waals surface area contributed by atoms with Crippen molar-refractivity contribution in [3.8, 4) is 0 Å². The minimum absolute atomic E-state index is 0.241. The molecule has 2 rings (SSSR count). The number of aromatic nitrogens is 3. The zero-order valence-corrected chi connectivity index (χ0v) is 10.6. The van der Waals surface area contributed by atoms with Crippen molar-refractivity contribution < 1.29 is 9.53 Å². The second-order valence-corrected chi connectivity index (χ2v) is 3.97. The van der Waals surface area contributed by atoms with Crippen LogP contribution < -0.4 is 0 Å². The minimum Gasteiger partial charge on any atom is -0.465 e. The molecule has 0 N–H and O–H groups in total. The van der Waals surface area contributed by atoms with Gasteiger partial charge in [0, 0.05) is 6.20 Å². The van der Waals surface area contributed by atoms with Gasteiger partial charge in [-0.25, -0.2) is 14.3 Å². The molecule has 0 spiro atoms. The van der Waals surface area contributed by atoms with Crippen molar-refractivity contribution in [3.63, 3.8) is 0 Å². The van der Waals surface area contributed by atoms with Crippen LogP contribution in [0.4, 0.5) is 0 Å². The van der Waals surface area contributed by atoms with Gasteiger partial charge in [-0.3, -0.25) is 0 Å². The van der Waals surface area contributed by atoms with Gasteiger partial charge in [0.1, 0.15) is 10.2 Å². The number of carbonyl (C=O) groups excluding carboxylic acids is 1. The standard InChI is InChI=1S/C9H7BrClN3O2/c1-16-9(15)5-2-3-12-14-7(10)6(4-11)13-8(5)14/h2-3H,4H2,1H3. The molecule has 0 radical (unpaired) electrons. The van der Waals surface area contributed by atoms with Crippen LogP contribution in [-0.4, -0.2) is 27.7 Å². The average Bonchev–Trinajstić information content (AvgIpc) is 2.65. The van der Waals surface area contributed by atoms with Crippen LogP contribution in [0.1, 0.15) is 16.1 Å². The van der Waals surface area contributed by atoms with Gasteiger partial charge >= 0.3 is 5.97 Å². The van der Waals surface area contributed by atoms with Crippen molar-refractivity contribution in [2.75, 3.05) is 7.11 Å². The third-order valence-electron chi connectivity index (χ3n) is 2.06. The fraction of sp³-hybridized carbons (Fsp3) is 0.222. The van der Waals surface area contributed by atoms with Crippen molar-refractivity contribution in [1.82, 2.24) is 14.6 Å². The van der Waals surface area contributed by atoms with E-state index in [1.807, 2.05) is 0 Å². The Morgan fingerprint density at radius 3 is 3.06 bits per heavy atom. The van der Waals surface area contributed by atoms with Crippen LogP contribution in [0.25, 0.3) is 5.65 Å². The molecule has 16 heavy (non-hydrogen) atoms. The van der Waals surface area contributed by atoms with Gasteiger partial charge in [-0.2, -0.15) is 5.10 Å². The van der Waals surface area contributed by atoms with Gasteiger partial charge in [-0.15, -0.1) is 11.6 Å². The maximum absolute atomic E-state index is 11.5. The van der Waals surface area contributed by atoms with Crippen molar-refractivity contribution in [2.24, 2.45) is 0 Å². The normalized spacial score (nSPS) is 10.7. The van der Waals surface area contributed by atoms with E-state index < -0.39 is 5.97 Å². The molecule has 0 aliphatic carbocycles. The number of methoxy groups -OCH3 is 1. The van der Waals surface area contributed by atoms with E-state index in [1.165, 1.54) is 17.8 Å². The summed E-state index contributed by atoms with van der Waals surface area (Å²) in [6, 6.07) is 1.55. The van der Waals surface area contributed by atoms with Crippen molar-refractivity contribution in [1.29, 1.82) is 0 Å². The van der Waals surface area contributed by atoms with E-state index in [0.717, 1.165) is 0 Å². The molecule has 0 atom stereocenters. The van der Waals surface area contributed by atoms with Crippen LogP contribution in [-0.2, 0) is 10.6 Å². The molecule has 5 nitrogen and oxygen atoms in total. The minimum atomic E-state index is -0.453. The molecular formula is C9H7BrClN3O2. The highest BCUT2D eigenvalue weighted by Gasteiger charge is 2.17. The lowest BCUT2D eigenvalue weighted by molar-refractivity contribution is 0.0602. The molecular weight excluding hydrogens is 297 g/mol. The molecule has 2 aromatic heterocycles. The van der Waals surface area contributed by atoms with E-state index in [1.54, 1.807) is 6.07 Å². The SMILES string of the molecule is COC(=O)c1ccnn2c(Br)c(CCl)nc12. The van der Waals surface area contributed by atoms with Gasteiger partial charge in [0.05, 0.1) is 18.7 Å². The Labute approximate surface area is 104 Å². The van der Waals surface area contributed by atoms with Crippen LogP contribution in [0.15, 0.2) is 16.9 Å². The number of hydrogen-bond donors (Lipinski definition) is 0. The molecule has 0 amide bonds. The molecule has 0 aromatic carbocycles. The zero-order chi connectivity index (χ0) is 11.7. The quantitative estimate of drug-likeness (QED) is 0.629. The largest absolute Gasteiger partial charge is 0.465 e. The summed E-state index contributed by atoms with van der Waals surface area (Å²) in [7, 11) is 1.32. The highest BCUT2D eigenvalue weighted by molar-refractivity contribution is 9.10. The number of alkyl halides is 1. The first-order valence-electron chi connectivity index (χ1n) is 4.35. The second kappa shape index (κ2) is 4.39. The van der Waals surface area contributed by atoms with E-state index in [4.69, 9.17) is 11.6 Å². The summed E-state index contributed by atoms with van der Waals surface area (Å²) in [4.78, 5) is 15.7. The highest BCUT2D eigenvalue weighted by atomic mass is 79.9. The summed E-state index contributed by atoms with van der Waals surface area (Å²) >= 11 is 9.04. The molecule has 0 unspecified atom stereocenters. The van der Waals surface area contributed by atoms with E-state index in [0.29, 0.717) is 21.5 Å². The van der Waals surface area contributed by atoms with Gasteiger partial charge in [-0.05, 0) is 22.0 Å². The van der Waals surface area contributed by atoms with Crippen molar-refractivity contribution in [3.05, 3.63) is 28.1 Å². The molecule has 2 aromatic rings. The zero-order valence-electron chi connectivity index (χ0n) is 8.28. The summed E-state index contributed by atoms with van der Waals surface area (Å²) in [5.74, 6) is -0.212. The van der Waals surface area contributed by atoms with Gasteiger partial charge < -0.3 is 4.74 Å². The molecule has 2 heterocycles. The topological polar surface area (TPSA) is 56.5 Å². The van der Waals surface area contributed by atoms with Crippen molar-refractivity contribution >= 4 is 39.1 Å². The lowest BCUT2D eigenvalue weighted by Crippen LogP contribution is -2.05. The predicted molar refractivity (Wildman–Crippen MR) is 61.6 cm³/mol. The Balaban J connectivity index is 2.73. The molecule has 0 fully saturated rings. The summed E-state index contributed by atoms with van der Waals surface area (Å²) in [5.41, 5.74) is 1.41. The lowest BCUT2D eigenvalue weighted by atomic mass is 10.3. The first-order valence-corrected chi connectivity index (χ1v) is 5.68. The summed E-state index contributed by atoms with van der Waals surface area (Å²) in [6.07, 6.45) is 1.50. The first kappa shape index (κ1) is 11.3. The highest BCUT2D eigenvalue weighted by Crippen LogP contribution is 2.21. The third-order valence-corrected chi connectivity index (χ3v) is 3.11. The monoisotopic (exact) mass is 303 g/mol. The number of carbonyl (C=O) groups is 1. The number of imidazole rings is 1. The van der Waals surface area contributed by atoms with Crippen LogP contribution in [0.2, 0.25) is 0 Å². The van der Waals surface area contributed by atoms with Gasteiger partial charge in [0.15, 0.2) is 5.65 Å². The van der Waals surface area contributed by atoms with E-state index in [9.17, 15) is 4.79 Å². The average molecular weight is 305 g/mol. The van der Waals surface area contributed by atoms with E-state index in [-0.39, 0.29) is 5.88 Å². The number of nitrogens with zero attached hydrogens (tertiary/aromatic N) is 3. The summed E-state index contributed by atoms with van der Waals surface area (Å²) in [6.45, 7) is 0. The molecule has 0 bridgehead atoms. The fourth-order valence-electron chi connectivity index (χ4n) is 1.32. The van der Waals surface area contributed by atoms with E-state index in [2.05, 4.69) is 30.7 Å². The Kier molecular flexibility index (Phi) is 3.11. The molecule has 0 saturated carbocycles. The molecule has 0 aliphatic heterocycles. The van der Waals surface area contributed by atoms with Crippen LogP contribution in [0.3, 0.4) is 0 Å². The Hall–Kier alpha value is -1.14.